The highest BCUT2D eigenvalue weighted by Crippen LogP contribution is 2.24. The van der Waals surface area contributed by atoms with Gasteiger partial charge in [-0.05, 0) is 25.1 Å². The maximum atomic E-state index is 11.7. The summed E-state index contributed by atoms with van der Waals surface area (Å²) in [4.78, 5) is 16.1. The van der Waals surface area contributed by atoms with Gasteiger partial charge in [-0.2, -0.15) is 0 Å². The minimum atomic E-state index is -0.172. The molecular formula is C12H16ClN3OS. The molecule has 0 aliphatic heterocycles. The first-order valence-electron chi connectivity index (χ1n) is 5.48. The van der Waals surface area contributed by atoms with Crippen LogP contribution in [0.1, 0.15) is 11.9 Å². The Balaban J connectivity index is 0.00000162. The molecule has 1 heterocycles. The van der Waals surface area contributed by atoms with E-state index in [0.29, 0.717) is 6.54 Å². The summed E-state index contributed by atoms with van der Waals surface area (Å²) in [5, 5.41) is 3.88. The number of aromatic nitrogens is 1. The van der Waals surface area contributed by atoms with Crippen molar-refractivity contribution in [2.24, 2.45) is 11.7 Å². The van der Waals surface area contributed by atoms with Crippen molar-refractivity contribution in [3.63, 3.8) is 0 Å². The van der Waals surface area contributed by atoms with Crippen LogP contribution in [0, 0.1) is 12.8 Å². The molecule has 1 unspecified atom stereocenters. The molecule has 1 aromatic heterocycles. The van der Waals surface area contributed by atoms with Crippen molar-refractivity contribution in [1.29, 1.82) is 0 Å². The number of thiazole rings is 1. The van der Waals surface area contributed by atoms with Gasteiger partial charge in [0.15, 0.2) is 0 Å². The van der Waals surface area contributed by atoms with Crippen LogP contribution >= 0.6 is 23.7 Å². The lowest BCUT2D eigenvalue weighted by Crippen LogP contribution is -2.26. The first-order valence-corrected chi connectivity index (χ1v) is 6.30. The maximum Gasteiger partial charge on any atom is 0.228 e. The van der Waals surface area contributed by atoms with Crippen LogP contribution in [0.15, 0.2) is 18.2 Å². The Morgan fingerprint density at radius 3 is 2.94 bits per heavy atom. The summed E-state index contributed by atoms with van der Waals surface area (Å²) in [6.45, 7) is 4.14. The number of fused-ring (bicyclic) bond motifs is 1. The molecule has 1 amide bonds. The number of rotatable bonds is 3. The third kappa shape index (κ3) is 3.19. The van der Waals surface area contributed by atoms with Crippen molar-refractivity contribution in [3.05, 3.63) is 23.2 Å². The summed E-state index contributed by atoms with van der Waals surface area (Å²) in [5.74, 6) is -0.220. The number of nitrogens with one attached hydrogen (secondary N) is 1. The van der Waals surface area contributed by atoms with Crippen LogP contribution in [0.2, 0.25) is 0 Å². The number of halogens is 1. The second kappa shape index (κ2) is 6.13. The van der Waals surface area contributed by atoms with Crippen molar-refractivity contribution in [3.8, 4) is 0 Å². The zero-order valence-electron chi connectivity index (χ0n) is 10.3. The Bertz CT molecular complexity index is 555. The monoisotopic (exact) mass is 285 g/mol. The number of anilines is 1. The van der Waals surface area contributed by atoms with Gasteiger partial charge in [-0.3, -0.25) is 4.79 Å². The number of nitrogens with zero attached hydrogens (tertiary/aromatic N) is 1. The van der Waals surface area contributed by atoms with Crippen molar-refractivity contribution in [2.75, 3.05) is 11.9 Å². The maximum absolute atomic E-state index is 11.7. The number of carbonyl (C=O) groups excluding carboxylic acids is 1. The summed E-state index contributed by atoms with van der Waals surface area (Å²) in [5.41, 5.74) is 7.22. The van der Waals surface area contributed by atoms with Gasteiger partial charge in [0.05, 0.1) is 15.2 Å². The molecule has 18 heavy (non-hydrogen) atoms. The molecule has 0 aliphatic carbocycles. The van der Waals surface area contributed by atoms with E-state index >= 15 is 0 Å². The molecule has 0 saturated carbocycles. The quantitative estimate of drug-likeness (QED) is 0.911. The van der Waals surface area contributed by atoms with Crippen LogP contribution in [-0.2, 0) is 4.79 Å². The van der Waals surface area contributed by atoms with E-state index in [-0.39, 0.29) is 24.2 Å². The van der Waals surface area contributed by atoms with Crippen LogP contribution in [0.3, 0.4) is 0 Å². The smallest absolute Gasteiger partial charge is 0.228 e. The molecule has 0 bridgehead atoms. The molecule has 1 atom stereocenters. The third-order valence-corrected chi connectivity index (χ3v) is 3.50. The van der Waals surface area contributed by atoms with Gasteiger partial charge in [0.1, 0.15) is 0 Å². The summed E-state index contributed by atoms with van der Waals surface area (Å²) < 4.78 is 1.08. The second-order valence-corrected chi connectivity index (χ2v) is 5.28. The molecule has 6 heteroatoms. The van der Waals surface area contributed by atoms with Crippen molar-refractivity contribution >= 4 is 45.6 Å². The molecule has 0 aliphatic rings. The predicted molar refractivity (Wildman–Crippen MR) is 78.5 cm³/mol. The van der Waals surface area contributed by atoms with Crippen molar-refractivity contribution in [2.45, 2.75) is 13.8 Å². The van der Waals surface area contributed by atoms with E-state index in [4.69, 9.17) is 5.73 Å². The van der Waals surface area contributed by atoms with Gasteiger partial charge in [-0.15, -0.1) is 23.7 Å². The number of aryl methyl sites for hydroxylation is 1. The van der Waals surface area contributed by atoms with Crippen LogP contribution in [-0.4, -0.2) is 17.4 Å². The number of hydrogen-bond donors (Lipinski definition) is 2. The predicted octanol–water partition coefficient (Wildman–Crippen LogP) is 2.56. The topological polar surface area (TPSA) is 68.0 Å². The molecule has 98 valence electrons. The van der Waals surface area contributed by atoms with E-state index in [1.54, 1.807) is 11.3 Å². The Morgan fingerprint density at radius 1 is 1.56 bits per heavy atom. The molecule has 2 aromatic rings. The summed E-state index contributed by atoms with van der Waals surface area (Å²) in [6, 6.07) is 5.73. The normalized spacial score (nSPS) is 11.9. The first-order chi connectivity index (χ1) is 8.10. The van der Waals surface area contributed by atoms with E-state index in [2.05, 4.69) is 10.3 Å². The van der Waals surface area contributed by atoms with Gasteiger partial charge in [0.25, 0.3) is 0 Å². The second-order valence-electron chi connectivity index (χ2n) is 4.04. The highest BCUT2D eigenvalue weighted by atomic mass is 35.5. The molecule has 4 nitrogen and oxygen atoms in total. The van der Waals surface area contributed by atoms with Gasteiger partial charge in [-0.1, -0.05) is 6.92 Å². The minimum absolute atomic E-state index is 0. The summed E-state index contributed by atoms with van der Waals surface area (Å²) in [7, 11) is 0. The molecule has 2 rings (SSSR count). The van der Waals surface area contributed by atoms with E-state index in [0.717, 1.165) is 20.9 Å². The van der Waals surface area contributed by atoms with Crippen molar-refractivity contribution in [1.82, 2.24) is 4.98 Å². The van der Waals surface area contributed by atoms with E-state index in [1.807, 2.05) is 32.0 Å². The van der Waals surface area contributed by atoms with E-state index in [1.165, 1.54) is 0 Å². The number of hydrogen-bond acceptors (Lipinski definition) is 4. The Kier molecular flexibility index (Phi) is 5.07. The number of carbonyl (C=O) groups is 1. The summed E-state index contributed by atoms with van der Waals surface area (Å²) in [6.07, 6.45) is 0. The van der Waals surface area contributed by atoms with Crippen LogP contribution in [0.4, 0.5) is 5.69 Å². The Hall–Kier alpha value is -1.17. The highest BCUT2D eigenvalue weighted by Gasteiger charge is 2.11. The van der Waals surface area contributed by atoms with Gasteiger partial charge >= 0.3 is 0 Å². The van der Waals surface area contributed by atoms with E-state index < -0.39 is 0 Å². The highest BCUT2D eigenvalue weighted by molar-refractivity contribution is 7.18. The zero-order valence-corrected chi connectivity index (χ0v) is 11.9. The molecule has 0 saturated heterocycles. The lowest BCUT2D eigenvalue weighted by atomic mass is 10.1. The number of amides is 1. The van der Waals surface area contributed by atoms with Gasteiger partial charge in [0, 0.05) is 18.2 Å². The molecule has 0 fully saturated rings. The first kappa shape index (κ1) is 14.9. The zero-order chi connectivity index (χ0) is 12.4. The fraction of sp³-hybridized carbons (Fsp3) is 0.333. The largest absolute Gasteiger partial charge is 0.330 e. The molecular weight excluding hydrogens is 270 g/mol. The Morgan fingerprint density at radius 2 is 2.28 bits per heavy atom. The Labute approximate surface area is 116 Å². The standard InChI is InChI=1S/C12H15N3OS.ClH/c1-7(6-13)12(16)15-9-3-4-10-11(5-9)17-8(2)14-10;/h3-5,7H,6,13H2,1-2H3,(H,15,16);1H. The van der Waals surface area contributed by atoms with Gasteiger partial charge < -0.3 is 11.1 Å². The fourth-order valence-corrected chi connectivity index (χ4v) is 2.36. The van der Waals surface area contributed by atoms with Crippen molar-refractivity contribution < 1.29 is 4.79 Å². The lowest BCUT2D eigenvalue weighted by molar-refractivity contribution is -0.119. The molecule has 3 N–H and O–H groups in total. The molecule has 0 radical (unpaired) electrons. The SMILES string of the molecule is Cc1nc2ccc(NC(=O)C(C)CN)cc2s1.Cl. The van der Waals surface area contributed by atoms with Crippen LogP contribution < -0.4 is 11.1 Å². The fourth-order valence-electron chi connectivity index (χ4n) is 1.49. The van der Waals surface area contributed by atoms with E-state index in [9.17, 15) is 4.79 Å². The number of benzene rings is 1. The van der Waals surface area contributed by atoms with Gasteiger partial charge in [-0.25, -0.2) is 4.98 Å². The average Bonchev–Trinajstić information content (AvgIpc) is 2.67. The average molecular weight is 286 g/mol. The van der Waals surface area contributed by atoms with Gasteiger partial charge in [0.2, 0.25) is 5.91 Å². The third-order valence-electron chi connectivity index (χ3n) is 2.56. The van der Waals surface area contributed by atoms with Crippen LogP contribution in [0.5, 0.6) is 0 Å². The lowest BCUT2D eigenvalue weighted by Gasteiger charge is -2.09. The minimum Gasteiger partial charge on any atom is -0.330 e. The summed E-state index contributed by atoms with van der Waals surface area (Å²) >= 11 is 1.62. The molecule has 1 aromatic carbocycles. The number of nitrogens with two attached hydrogens (primary N) is 1. The molecule has 0 spiro atoms. The van der Waals surface area contributed by atoms with Crippen LogP contribution in [0.25, 0.3) is 10.2 Å².